The number of fused-ring (bicyclic) bond motifs is 1. The molecule has 1 saturated carbocycles. The summed E-state index contributed by atoms with van der Waals surface area (Å²) in [6, 6.07) is 8.54. The van der Waals surface area contributed by atoms with Crippen LogP contribution in [-0.4, -0.2) is 51.8 Å². The maximum absolute atomic E-state index is 12.5. The molecule has 0 spiro atoms. The number of carbonyl (C=O) groups is 1. The summed E-state index contributed by atoms with van der Waals surface area (Å²) in [5, 5.41) is 5.30. The number of hydrogen-bond donors (Lipinski definition) is 0. The Morgan fingerprint density at radius 1 is 1.23 bits per heavy atom. The minimum atomic E-state index is -0.0740. The summed E-state index contributed by atoms with van der Waals surface area (Å²) in [4.78, 5) is 16.9. The van der Waals surface area contributed by atoms with Gasteiger partial charge < -0.3 is 4.90 Å². The van der Waals surface area contributed by atoms with Gasteiger partial charge >= 0.3 is 6.03 Å². The second-order valence-electron chi connectivity index (χ2n) is 7.48. The van der Waals surface area contributed by atoms with Crippen molar-refractivity contribution in [3.05, 3.63) is 52.3 Å². The minimum Gasteiger partial charge on any atom is -0.322 e. The van der Waals surface area contributed by atoms with Crippen LogP contribution in [0.4, 0.5) is 4.79 Å². The Kier molecular flexibility index (Phi) is 4.95. The molecule has 1 amide bonds. The molecule has 138 valence electrons. The Hall–Kier alpha value is -1.56. The predicted molar refractivity (Wildman–Crippen MR) is 103 cm³/mol. The fourth-order valence-corrected chi connectivity index (χ4v) is 4.74. The summed E-state index contributed by atoms with van der Waals surface area (Å²) in [5.74, 6) is 1.13. The second-order valence-corrected chi connectivity index (χ2v) is 8.35. The molecule has 0 N–H and O–H groups in total. The van der Waals surface area contributed by atoms with Crippen LogP contribution in [0, 0.1) is 11.8 Å². The van der Waals surface area contributed by atoms with E-state index in [2.05, 4.69) is 23.1 Å². The van der Waals surface area contributed by atoms with E-state index in [4.69, 9.17) is 23.2 Å². The van der Waals surface area contributed by atoms with E-state index in [9.17, 15) is 4.79 Å². The molecular weight excluding hydrogens is 371 g/mol. The van der Waals surface area contributed by atoms with Gasteiger partial charge in [-0.3, -0.25) is 4.90 Å². The van der Waals surface area contributed by atoms with Crippen LogP contribution in [0.2, 0.25) is 10.0 Å². The molecule has 1 aromatic heterocycles. The van der Waals surface area contributed by atoms with Gasteiger partial charge in [-0.05, 0) is 49.4 Å². The van der Waals surface area contributed by atoms with Gasteiger partial charge in [0.2, 0.25) is 0 Å². The zero-order valence-corrected chi connectivity index (χ0v) is 16.2. The molecule has 1 saturated heterocycles. The Balaban J connectivity index is 1.34. The van der Waals surface area contributed by atoms with E-state index < -0.39 is 0 Å². The Labute approximate surface area is 163 Å². The van der Waals surface area contributed by atoms with E-state index in [1.165, 1.54) is 16.4 Å². The monoisotopic (exact) mass is 392 g/mol. The van der Waals surface area contributed by atoms with Gasteiger partial charge in [-0.15, -0.1) is 0 Å². The van der Waals surface area contributed by atoms with Gasteiger partial charge in [0.25, 0.3) is 0 Å². The lowest BCUT2D eigenvalue weighted by atomic mass is 10.0. The standard InChI is InChI=1S/C19H22Cl2N4O/c1-23(9-13-3-2-4-16(20)5-13)18-6-14-10-24(11-15(14)7-18)19(26)25-12-17(21)8-22-25/h2-5,8,12,14-15,18H,6-7,9-11H2,1H3/t14-,15+,18?. The summed E-state index contributed by atoms with van der Waals surface area (Å²) in [6.45, 7) is 2.52. The lowest BCUT2D eigenvalue weighted by Crippen LogP contribution is -2.36. The number of hydrogen-bond acceptors (Lipinski definition) is 3. The summed E-state index contributed by atoms with van der Waals surface area (Å²) in [6.07, 6.45) is 5.33. The molecule has 7 heteroatoms. The lowest BCUT2D eigenvalue weighted by Gasteiger charge is -2.26. The van der Waals surface area contributed by atoms with Crippen molar-refractivity contribution in [3.8, 4) is 0 Å². The third-order valence-electron chi connectivity index (χ3n) is 5.69. The van der Waals surface area contributed by atoms with Crippen molar-refractivity contribution in [1.29, 1.82) is 0 Å². The van der Waals surface area contributed by atoms with E-state index in [1.807, 2.05) is 23.1 Å². The van der Waals surface area contributed by atoms with Crippen LogP contribution >= 0.6 is 23.2 Å². The molecule has 1 unspecified atom stereocenters. The van der Waals surface area contributed by atoms with Crippen molar-refractivity contribution in [3.63, 3.8) is 0 Å². The number of benzene rings is 1. The molecule has 5 nitrogen and oxygen atoms in total. The number of amides is 1. The lowest BCUT2D eigenvalue weighted by molar-refractivity contribution is 0.192. The fraction of sp³-hybridized carbons (Fsp3) is 0.474. The molecule has 26 heavy (non-hydrogen) atoms. The highest BCUT2D eigenvalue weighted by Crippen LogP contribution is 2.40. The number of rotatable bonds is 3. The average Bonchev–Trinajstić information content (AvgIpc) is 3.28. The number of likely N-dealkylation sites (tertiary alicyclic amines) is 1. The van der Waals surface area contributed by atoms with E-state index >= 15 is 0 Å². The number of nitrogens with zero attached hydrogens (tertiary/aromatic N) is 4. The van der Waals surface area contributed by atoms with Crippen molar-refractivity contribution in [2.24, 2.45) is 11.8 Å². The predicted octanol–water partition coefficient (Wildman–Crippen LogP) is 4.00. The van der Waals surface area contributed by atoms with Gasteiger partial charge in [0.1, 0.15) is 0 Å². The average molecular weight is 393 g/mol. The zero-order chi connectivity index (χ0) is 18.3. The summed E-state index contributed by atoms with van der Waals surface area (Å²) in [5.41, 5.74) is 1.24. The number of aromatic nitrogens is 2. The maximum Gasteiger partial charge on any atom is 0.344 e. The first kappa shape index (κ1) is 17.8. The van der Waals surface area contributed by atoms with Crippen molar-refractivity contribution in [2.75, 3.05) is 20.1 Å². The van der Waals surface area contributed by atoms with Gasteiger partial charge in [0.15, 0.2) is 0 Å². The van der Waals surface area contributed by atoms with Crippen molar-refractivity contribution >= 4 is 29.2 Å². The molecule has 2 aliphatic rings. The highest BCUT2D eigenvalue weighted by atomic mass is 35.5. The normalized spacial score (nSPS) is 25.1. The largest absolute Gasteiger partial charge is 0.344 e. The number of carbonyl (C=O) groups excluding carboxylic acids is 1. The van der Waals surface area contributed by atoms with Crippen molar-refractivity contribution in [2.45, 2.75) is 25.4 Å². The second kappa shape index (κ2) is 7.22. The van der Waals surface area contributed by atoms with Crippen LogP contribution in [0.3, 0.4) is 0 Å². The van der Waals surface area contributed by atoms with E-state index in [-0.39, 0.29) is 6.03 Å². The first-order valence-corrected chi connectivity index (χ1v) is 9.69. The molecule has 2 fully saturated rings. The quantitative estimate of drug-likeness (QED) is 0.792. The molecule has 2 heterocycles. The summed E-state index contributed by atoms with van der Waals surface area (Å²) < 4.78 is 1.34. The molecule has 2 aromatic rings. The fourth-order valence-electron chi connectivity index (χ4n) is 4.39. The Morgan fingerprint density at radius 2 is 1.96 bits per heavy atom. The third-order valence-corrected chi connectivity index (χ3v) is 6.12. The van der Waals surface area contributed by atoms with Gasteiger partial charge in [0.05, 0.1) is 17.4 Å². The van der Waals surface area contributed by atoms with Crippen LogP contribution in [-0.2, 0) is 6.54 Å². The molecule has 3 atom stereocenters. The topological polar surface area (TPSA) is 41.4 Å². The third kappa shape index (κ3) is 3.61. The molecule has 1 aliphatic heterocycles. The van der Waals surface area contributed by atoms with E-state index in [1.54, 1.807) is 6.20 Å². The molecule has 0 radical (unpaired) electrons. The Bertz CT molecular complexity index is 794. The van der Waals surface area contributed by atoms with E-state index in [0.29, 0.717) is 22.9 Å². The molecule has 4 rings (SSSR count). The minimum absolute atomic E-state index is 0.0740. The maximum atomic E-state index is 12.5. The molecule has 1 aromatic carbocycles. The zero-order valence-electron chi connectivity index (χ0n) is 14.7. The van der Waals surface area contributed by atoms with Crippen LogP contribution in [0.5, 0.6) is 0 Å². The van der Waals surface area contributed by atoms with Crippen LogP contribution in [0.15, 0.2) is 36.7 Å². The van der Waals surface area contributed by atoms with Crippen LogP contribution < -0.4 is 0 Å². The number of halogens is 2. The Morgan fingerprint density at radius 3 is 2.58 bits per heavy atom. The first-order valence-electron chi connectivity index (χ1n) is 8.93. The van der Waals surface area contributed by atoms with Gasteiger partial charge in [-0.25, -0.2) is 4.79 Å². The highest BCUT2D eigenvalue weighted by Gasteiger charge is 2.43. The smallest absolute Gasteiger partial charge is 0.322 e. The van der Waals surface area contributed by atoms with Gasteiger partial charge in [-0.1, -0.05) is 35.3 Å². The SMILES string of the molecule is CN(Cc1cccc(Cl)c1)C1C[C@@H]2CN(C(=O)n3cc(Cl)cn3)C[C@@H]2C1. The van der Waals surface area contributed by atoms with Crippen LogP contribution in [0.25, 0.3) is 0 Å². The van der Waals surface area contributed by atoms with Crippen molar-refractivity contribution < 1.29 is 4.79 Å². The van der Waals surface area contributed by atoms with E-state index in [0.717, 1.165) is 37.5 Å². The van der Waals surface area contributed by atoms with Crippen LogP contribution in [0.1, 0.15) is 18.4 Å². The summed E-state index contributed by atoms with van der Waals surface area (Å²) in [7, 11) is 2.18. The summed E-state index contributed by atoms with van der Waals surface area (Å²) >= 11 is 12.0. The van der Waals surface area contributed by atoms with Gasteiger partial charge in [-0.2, -0.15) is 9.78 Å². The molecule has 0 bridgehead atoms. The molecular formula is C19H22Cl2N4O. The highest BCUT2D eigenvalue weighted by molar-refractivity contribution is 6.30. The van der Waals surface area contributed by atoms with Gasteiger partial charge in [0, 0.05) is 30.7 Å². The molecule has 1 aliphatic carbocycles. The first-order chi connectivity index (χ1) is 12.5. The van der Waals surface area contributed by atoms with Crippen molar-refractivity contribution in [1.82, 2.24) is 19.6 Å².